The number of rotatable bonds is 9. The summed E-state index contributed by atoms with van der Waals surface area (Å²) in [5, 5.41) is 3.59. The molecule has 2 fully saturated rings. The van der Waals surface area contributed by atoms with Gasteiger partial charge in [-0.2, -0.15) is 0 Å². The Bertz CT molecular complexity index is 2130. The van der Waals surface area contributed by atoms with Gasteiger partial charge in [0.2, 0.25) is 11.8 Å². The number of carbonyl (C=O) groups excluding carboxylic acids is 4. The molecule has 0 aliphatic carbocycles. The van der Waals surface area contributed by atoms with Gasteiger partial charge in [0, 0.05) is 70.3 Å². The Balaban J connectivity index is 1.01. The molecule has 3 aliphatic heterocycles. The van der Waals surface area contributed by atoms with E-state index in [0.717, 1.165) is 22.1 Å². The van der Waals surface area contributed by atoms with Crippen LogP contribution < -0.4 is 25.1 Å². The Labute approximate surface area is 305 Å². The van der Waals surface area contributed by atoms with Crippen LogP contribution in [0.4, 0.5) is 0 Å². The third kappa shape index (κ3) is 7.04. The van der Waals surface area contributed by atoms with Gasteiger partial charge in [-0.05, 0) is 47.2 Å². The first kappa shape index (κ1) is 35.6. The molecular formula is C38H40N6O9. The molecule has 4 amide bonds. The lowest BCUT2D eigenvalue weighted by molar-refractivity contribution is -0.138. The van der Waals surface area contributed by atoms with E-state index in [1.54, 1.807) is 67.5 Å². The standard InChI is InChI=1S/C38H40N6O9/c1-41-18-27(25-9-10-39-17-26(25)37(41)48)24-15-31(50-2)28(32(16-24)51-3)19-42-11-13-43(14-12-42)34(46)21-53-30-6-4-5-23-20-52-22-44(38(49)35(23)30)29-7-8-33(45)40-36(29)47/h4-6,9-10,15-18,29H,7-8,11-14,19-22H2,1-3H3,(H,40,45,47). The first-order valence-corrected chi connectivity index (χ1v) is 17.3. The number of carbonyl (C=O) groups is 4. The van der Waals surface area contributed by atoms with Gasteiger partial charge in [0.25, 0.3) is 17.4 Å². The summed E-state index contributed by atoms with van der Waals surface area (Å²) in [5.41, 5.74) is 3.23. The molecule has 53 heavy (non-hydrogen) atoms. The molecule has 1 unspecified atom stereocenters. The molecule has 0 radical (unpaired) electrons. The molecule has 15 heteroatoms. The molecule has 0 saturated carbocycles. The lowest BCUT2D eigenvalue weighted by Crippen LogP contribution is -2.54. The van der Waals surface area contributed by atoms with E-state index in [-0.39, 0.29) is 61.5 Å². The number of hydrogen-bond donors (Lipinski definition) is 1. The number of piperidine rings is 1. The van der Waals surface area contributed by atoms with Crippen LogP contribution in [0.25, 0.3) is 21.9 Å². The topological polar surface area (TPSA) is 162 Å². The highest BCUT2D eigenvalue weighted by molar-refractivity contribution is 6.05. The van der Waals surface area contributed by atoms with Crippen LogP contribution in [0.15, 0.2) is 59.8 Å². The van der Waals surface area contributed by atoms with Crippen molar-refractivity contribution in [2.45, 2.75) is 32.0 Å². The van der Waals surface area contributed by atoms with E-state index in [4.69, 9.17) is 18.9 Å². The van der Waals surface area contributed by atoms with E-state index in [1.807, 2.05) is 18.2 Å². The number of aromatic nitrogens is 2. The predicted molar refractivity (Wildman–Crippen MR) is 191 cm³/mol. The van der Waals surface area contributed by atoms with Gasteiger partial charge < -0.3 is 33.3 Å². The fraction of sp³-hybridized carbons (Fsp3) is 0.368. The van der Waals surface area contributed by atoms with Crippen LogP contribution >= 0.6 is 0 Å². The highest BCUT2D eigenvalue weighted by Gasteiger charge is 2.38. The highest BCUT2D eigenvalue weighted by Crippen LogP contribution is 2.38. The van der Waals surface area contributed by atoms with Crippen molar-refractivity contribution in [3.8, 4) is 28.4 Å². The summed E-state index contributed by atoms with van der Waals surface area (Å²) in [6.07, 6.45) is 5.35. The summed E-state index contributed by atoms with van der Waals surface area (Å²) in [6, 6.07) is 9.96. The minimum absolute atomic E-state index is 0.116. The Morgan fingerprint density at radius 1 is 0.981 bits per heavy atom. The van der Waals surface area contributed by atoms with Gasteiger partial charge in [-0.25, -0.2) is 0 Å². The van der Waals surface area contributed by atoms with Crippen molar-refractivity contribution < 1.29 is 38.1 Å². The number of hydrogen-bond acceptors (Lipinski definition) is 11. The van der Waals surface area contributed by atoms with Crippen LogP contribution in [0.5, 0.6) is 17.2 Å². The second-order valence-electron chi connectivity index (χ2n) is 13.2. The fourth-order valence-electron chi connectivity index (χ4n) is 7.17. The largest absolute Gasteiger partial charge is 0.496 e. The summed E-state index contributed by atoms with van der Waals surface area (Å²) >= 11 is 0. The molecule has 4 aromatic rings. The van der Waals surface area contributed by atoms with Gasteiger partial charge in [0.15, 0.2) is 6.61 Å². The lowest BCUT2D eigenvalue weighted by atomic mass is 9.99. The molecule has 1 N–H and O–H groups in total. The Kier molecular flexibility index (Phi) is 10.1. The smallest absolute Gasteiger partial charge is 0.260 e. The minimum atomic E-state index is -0.853. The average Bonchev–Trinajstić information content (AvgIpc) is 3.34. The van der Waals surface area contributed by atoms with Crippen LogP contribution in [0.3, 0.4) is 0 Å². The summed E-state index contributed by atoms with van der Waals surface area (Å²) in [6.45, 7) is 2.37. The maximum absolute atomic E-state index is 13.7. The average molecular weight is 725 g/mol. The van der Waals surface area contributed by atoms with Crippen molar-refractivity contribution in [2.24, 2.45) is 7.05 Å². The molecule has 7 rings (SSSR count). The second kappa shape index (κ2) is 15.0. The Morgan fingerprint density at radius 2 is 1.74 bits per heavy atom. The normalized spacial score (nSPS) is 18.0. The highest BCUT2D eigenvalue weighted by atomic mass is 16.5. The summed E-state index contributed by atoms with van der Waals surface area (Å²) in [7, 11) is 4.93. The lowest BCUT2D eigenvalue weighted by Gasteiger charge is -2.35. The van der Waals surface area contributed by atoms with Crippen molar-refractivity contribution in [3.63, 3.8) is 0 Å². The molecule has 15 nitrogen and oxygen atoms in total. The third-order valence-electron chi connectivity index (χ3n) is 10.0. The number of imide groups is 1. The molecule has 5 heterocycles. The summed E-state index contributed by atoms with van der Waals surface area (Å²) < 4.78 is 25.0. The van der Waals surface area contributed by atoms with Gasteiger partial charge in [-0.15, -0.1) is 0 Å². The quantitative estimate of drug-likeness (QED) is 0.252. The van der Waals surface area contributed by atoms with E-state index >= 15 is 0 Å². The van der Waals surface area contributed by atoms with E-state index in [9.17, 15) is 24.0 Å². The molecule has 0 bridgehead atoms. The van der Waals surface area contributed by atoms with Crippen molar-refractivity contribution in [1.29, 1.82) is 0 Å². The van der Waals surface area contributed by atoms with Crippen LogP contribution in [-0.2, 0) is 39.3 Å². The van der Waals surface area contributed by atoms with Crippen molar-refractivity contribution in [1.82, 2.24) is 29.6 Å². The number of benzene rings is 2. The van der Waals surface area contributed by atoms with E-state index in [2.05, 4.69) is 15.2 Å². The zero-order valence-corrected chi connectivity index (χ0v) is 29.8. The first-order valence-electron chi connectivity index (χ1n) is 17.3. The maximum Gasteiger partial charge on any atom is 0.260 e. The van der Waals surface area contributed by atoms with Crippen LogP contribution in [0.2, 0.25) is 0 Å². The SMILES string of the molecule is COc1cc(-c2cn(C)c(=O)c3cnccc23)cc(OC)c1CN1CCN(C(=O)COc2cccc3c2C(=O)N(C2CCC(=O)NC2=O)COC3)CC1. The number of pyridine rings is 2. The number of nitrogens with zero attached hydrogens (tertiary/aromatic N) is 5. The van der Waals surface area contributed by atoms with Gasteiger partial charge in [-0.1, -0.05) is 12.1 Å². The van der Waals surface area contributed by atoms with Crippen molar-refractivity contribution in [2.75, 3.05) is 53.7 Å². The van der Waals surface area contributed by atoms with Gasteiger partial charge in [0.05, 0.1) is 37.3 Å². The number of methoxy groups -OCH3 is 2. The predicted octanol–water partition coefficient (Wildman–Crippen LogP) is 2.08. The zero-order chi connectivity index (χ0) is 37.2. The molecule has 2 aromatic heterocycles. The number of fused-ring (bicyclic) bond motifs is 2. The molecular weight excluding hydrogens is 684 g/mol. The van der Waals surface area contributed by atoms with Crippen LogP contribution in [-0.4, -0.2) is 108 Å². The first-order chi connectivity index (χ1) is 25.7. The second-order valence-corrected chi connectivity index (χ2v) is 13.2. The maximum atomic E-state index is 13.7. The molecule has 0 spiro atoms. The van der Waals surface area contributed by atoms with E-state index < -0.39 is 17.9 Å². The van der Waals surface area contributed by atoms with Gasteiger partial charge in [0.1, 0.15) is 30.0 Å². The van der Waals surface area contributed by atoms with Gasteiger partial charge in [-0.3, -0.25) is 39.2 Å². The van der Waals surface area contributed by atoms with Crippen molar-refractivity contribution in [3.05, 3.63) is 82.0 Å². The monoisotopic (exact) mass is 724 g/mol. The summed E-state index contributed by atoms with van der Waals surface area (Å²) in [5.74, 6) is -0.0917. The van der Waals surface area contributed by atoms with Crippen molar-refractivity contribution >= 4 is 34.4 Å². The summed E-state index contributed by atoms with van der Waals surface area (Å²) in [4.78, 5) is 73.5. The molecule has 2 saturated heterocycles. The molecule has 1 atom stereocenters. The van der Waals surface area contributed by atoms with Gasteiger partial charge >= 0.3 is 0 Å². The number of aryl methyl sites for hydroxylation is 1. The number of nitrogens with one attached hydrogen (secondary N) is 1. The molecule has 2 aromatic carbocycles. The van der Waals surface area contributed by atoms with E-state index in [0.29, 0.717) is 55.2 Å². The molecule has 3 aliphatic rings. The zero-order valence-electron chi connectivity index (χ0n) is 29.8. The number of piperazine rings is 1. The Morgan fingerprint density at radius 3 is 2.45 bits per heavy atom. The van der Waals surface area contributed by atoms with Crippen LogP contribution in [0, 0.1) is 0 Å². The third-order valence-corrected chi connectivity index (χ3v) is 10.0. The fourth-order valence-corrected chi connectivity index (χ4v) is 7.17. The molecule has 276 valence electrons. The number of ether oxygens (including phenoxy) is 4. The number of amides is 4. The Hall–Kier alpha value is -5.80. The van der Waals surface area contributed by atoms with E-state index in [1.165, 1.54) is 4.90 Å². The van der Waals surface area contributed by atoms with Crippen LogP contribution in [0.1, 0.15) is 34.3 Å². The minimum Gasteiger partial charge on any atom is -0.496 e.